The number of anilines is 1. The number of hydrogen-bond acceptors (Lipinski definition) is 5. The highest BCUT2D eigenvalue weighted by atomic mass is 16.2. The van der Waals surface area contributed by atoms with E-state index in [0.717, 1.165) is 37.3 Å². The molecule has 8 nitrogen and oxygen atoms in total. The molecule has 0 saturated carbocycles. The Labute approximate surface area is 176 Å². The van der Waals surface area contributed by atoms with Crippen LogP contribution in [-0.4, -0.2) is 56.3 Å². The number of hydrogen-bond donors (Lipinski definition) is 0. The van der Waals surface area contributed by atoms with Gasteiger partial charge in [-0.25, -0.2) is 9.78 Å². The van der Waals surface area contributed by atoms with Crippen LogP contribution in [0.25, 0.3) is 11.2 Å². The quantitative estimate of drug-likeness (QED) is 0.646. The van der Waals surface area contributed by atoms with Crippen molar-refractivity contribution in [2.75, 3.05) is 37.6 Å². The first-order valence-corrected chi connectivity index (χ1v) is 10.4. The third-order valence-electron chi connectivity index (χ3n) is 6.20. The zero-order valence-corrected chi connectivity index (χ0v) is 18.5. The van der Waals surface area contributed by atoms with Crippen molar-refractivity contribution in [1.29, 1.82) is 0 Å². The highest BCUT2D eigenvalue weighted by Crippen LogP contribution is 2.27. The number of fused-ring (bicyclic) bond motifs is 1. The molecule has 1 aliphatic heterocycles. The molecule has 30 heavy (non-hydrogen) atoms. The number of aryl methyl sites for hydroxylation is 4. The van der Waals surface area contributed by atoms with Gasteiger partial charge < -0.3 is 9.47 Å². The Morgan fingerprint density at radius 2 is 1.53 bits per heavy atom. The first-order valence-electron chi connectivity index (χ1n) is 10.4. The van der Waals surface area contributed by atoms with Crippen molar-refractivity contribution >= 4 is 16.9 Å². The van der Waals surface area contributed by atoms with E-state index in [4.69, 9.17) is 0 Å². The summed E-state index contributed by atoms with van der Waals surface area (Å²) in [6.45, 7) is 12.0. The number of benzene rings is 1. The fraction of sp³-hybridized carbons (Fsp3) is 0.500. The summed E-state index contributed by atoms with van der Waals surface area (Å²) < 4.78 is 4.45. The summed E-state index contributed by atoms with van der Waals surface area (Å²) >= 11 is 0. The van der Waals surface area contributed by atoms with Gasteiger partial charge >= 0.3 is 5.69 Å². The Bertz CT molecular complexity index is 1190. The molecule has 3 heterocycles. The molecule has 2 aromatic heterocycles. The smallest absolute Gasteiger partial charge is 0.332 e. The highest BCUT2D eigenvalue weighted by molar-refractivity contribution is 5.69. The Morgan fingerprint density at radius 3 is 2.17 bits per heavy atom. The summed E-state index contributed by atoms with van der Waals surface area (Å²) in [6, 6.07) is 4.51. The molecule has 1 aromatic carbocycles. The average molecular weight is 411 g/mol. The van der Waals surface area contributed by atoms with Crippen molar-refractivity contribution in [1.82, 2.24) is 23.6 Å². The van der Waals surface area contributed by atoms with Gasteiger partial charge in [-0.1, -0.05) is 17.7 Å². The van der Waals surface area contributed by atoms with Crippen molar-refractivity contribution in [3.05, 3.63) is 56.0 Å². The molecule has 1 aliphatic rings. The van der Waals surface area contributed by atoms with Gasteiger partial charge in [0.2, 0.25) is 0 Å². The van der Waals surface area contributed by atoms with Crippen LogP contribution >= 0.6 is 0 Å². The monoisotopic (exact) mass is 410 g/mol. The Balaban J connectivity index is 1.45. The van der Waals surface area contributed by atoms with E-state index < -0.39 is 0 Å². The van der Waals surface area contributed by atoms with Gasteiger partial charge in [0.1, 0.15) is 0 Å². The van der Waals surface area contributed by atoms with E-state index >= 15 is 0 Å². The molecule has 0 amide bonds. The van der Waals surface area contributed by atoms with Crippen molar-refractivity contribution in [2.24, 2.45) is 14.1 Å². The Hall–Kier alpha value is -2.87. The van der Waals surface area contributed by atoms with Crippen LogP contribution in [0.4, 0.5) is 5.69 Å². The Kier molecular flexibility index (Phi) is 5.27. The summed E-state index contributed by atoms with van der Waals surface area (Å²) in [5.74, 6) is 0. The van der Waals surface area contributed by atoms with Gasteiger partial charge in [-0.3, -0.25) is 18.8 Å². The summed E-state index contributed by atoms with van der Waals surface area (Å²) in [5, 5.41) is 0. The second-order valence-electron chi connectivity index (χ2n) is 8.39. The van der Waals surface area contributed by atoms with Crippen LogP contribution < -0.4 is 16.1 Å². The summed E-state index contributed by atoms with van der Waals surface area (Å²) in [7, 11) is 3.16. The SMILES string of the molecule is Cc1cc(C)c(N2CCN(CCn3cnc4c3c(=O)n(C)c(=O)n4C)CC2)c(C)c1. The molecule has 0 N–H and O–H groups in total. The molecular weight excluding hydrogens is 380 g/mol. The third kappa shape index (κ3) is 3.45. The van der Waals surface area contributed by atoms with Crippen molar-refractivity contribution in [3.8, 4) is 0 Å². The van der Waals surface area contributed by atoms with Crippen molar-refractivity contribution < 1.29 is 0 Å². The second-order valence-corrected chi connectivity index (χ2v) is 8.39. The summed E-state index contributed by atoms with van der Waals surface area (Å²) in [4.78, 5) is 33.9. The molecule has 3 aromatic rings. The molecule has 1 fully saturated rings. The van der Waals surface area contributed by atoms with Crippen molar-refractivity contribution in [3.63, 3.8) is 0 Å². The number of aromatic nitrogens is 4. The van der Waals surface area contributed by atoms with Gasteiger partial charge in [0.25, 0.3) is 5.56 Å². The lowest BCUT2D eigenvalue weighted by Crippen LogP contribution is -2.47. The second kappa shape index (κ2) is 7.75. The average Bonchev–Trinajstić information content (AvgIpc) is 3.13. The maximum Gasteiger partial charge on any atom is 0.332 e. The van der Waals surface area contributed by atoms with Crippen molar-refractivity contribution in [2.45, 2.75) is 27.3 Å². The van der Waals surface area contributed by atoms with Gasteiger partial charge in [0.05, 0.1) is 6.33 Å². The van der Waals surface area contributed by atoms with Crippen LogP contribution in [0.5, 0.6) is 0 Å². The van der Waals surface area contributed by atoms with E-state index in [2.05, 4.69) is 47.7 Å². The maximum absolute atomic E-state index is 12.6. The lowest BCUT2D eigenvalue weighted by Gasteiger charge is -2.37. The van der Waals surface area contributed by atoms with Crippen LogP contribution in [0.1, 0.15) is 16.7 Å². The predicted molar refractivity (Wildman–Crippen MR) is 120 cm³/mol. The Morgan fingerprint density at radius 1 is 0.900 bits per heavy atom. The number of nitrogens with zero attached hydrogens (tertiary/aromatic N) is 6. The molecule has 0 spiro atoms. The van der Waals surface area contributed by atoms with E-state index in [1.165, 1.54) is 34.0 Å². The third-order valence-corrected chi connectivity index (χ3v) is 6.20. The zero-order chi connectivity index (χ0) is 21.6. The summed E-state index contributed by atoms with van der Waals surface area (Å²) in [6.07, 6.45) is 1.67. The number of imidazole rings is 1. The van der Waals surface area contributed by atoms with Crippen LogP contribution in [0.2, 0.25) is 0 Å². The van der Waals surface area contributed by atoms with Crippen LogP contribution in [0.15, 0.2) is 28.0 Å². The largest absolute Gasteiger partial charge is 0.369 e. The minimum atomic E-state index is -0.351. The van der Waals surface area contributed by atoms with Gasteiger partial charge in [0, 0.05) is 59.1 Å². The van der Waals surface area contributed by atoms with E-state index in [1.807, 2.05) is 4.57 Å². The fourth-order valence-corrected chi connectivity index (χ4v) is 4.68. The fourth-order valence-electron chi connectivity index (χ4n) is 4.68. The minimum absolute atomic E-state index is 0.291. The van der Waals surface area contributed by atoms with Crippen LogP contribution in [-0.2, 0) is 20.6 Å². The molecule has 0 aliphatic carbocycles. The molecule has 1 saturated heterocycles. The summed E-state index contributed by atoms with van der Waals surface area (Å²) in [5.41, 5.74) is 5.65. The molecule has 0 bridgehead atoms. The van der Waals surface area contributed by atoms with Gasteiger partial charge in [-0.05, 0) is 31.9 Å². The predicted octanol–water partition coefficient (Wildman–Crippen LogP) is 1.18. The standard InChI is InChI=1S/C22H30N6O2/c1-15-12-16(2)18(17(3)13-15)27-9-6-26(7-10-27)8-11-28-14-23-20-19(28)21(29)25(5)22(30)24(20)4/h12-14H,6-11H2,1-5H3. The molecule has 160 valence electrons. The van der Waals surface area contributed by atoms with Gasteiger partial charge in [0.15, 0.2) is 11.2 Å². The lowest BCUT2D eigenvalue weighted by atomic mass is 10.0. The van der Waals surface area contributed by atoms with E-state index in [-0.39, 0.29) is 11.2 Å². The molecule has 4 rings (SSSR count). The van der Waals surface area contributed by atoms with Gasteiger partial charge in [-0.15, -0.1) is 0 Å². The molecular formula is C22H30N6O2. The zero-order valence-electron chi connectivity index (χ0n) is 18.5. The van der Waals surface area contributed by atoms with E-state index in [0.29, 0.717) is 17.7 Å². The first kappa shape index (κ1) is 20.4. The van der Waals surface area contributed by atoms with E-state index in [1.54, 1.807) is 13.4 Å². The van der Waals surface area contributed by atoms with Crippen LogP contribution in [0, 0.1) is 20.8 Å². The van der Waals surface area contributed by atoms with Gasteiger partial charge in [-0.2, -0.15) is 0 Å². The minimum Gasteiger partial charge on any atom is -0.369 e. The molecule has 0 unspecified atom stereocenters. The highest BCUT2D eigenvalue weighted by Gasteiger charge is 2.21. The van der Waals surface area contributed by atoms with E-state index in [9.17, 15) is 9.59 Å². The molecule has 0 atom stereocenters. The normalized spacial score (nSPS) is 15.3. The molecule has 8 heteroatoms. The topological polar surface area (TPSA) is 68.3 Å². The molecule has 0 radical (unpaired) electrons. The lowest BCUT2D eigenvalue weighted by molar-refractivity contribution is 0.249. The first-order chi connectivity index (χ1) is 14.3. The van der Waals surface area contributed by atoms with Crippen LogP contribution in [0.3, 0.4) is 0 Å². The number of rotatable bonds is 4. The number of piperazine rings is 1. The maximum atomic E-state index is 12.6.